The molecule has 2 rings (SSSR count). The fraction of sp³-hybridized carbons (Fsp3) is 0.667. The van der Waals surface area contributed by atoms with Crippen LogP contribution in [0.5, 0.6) is 0 Å². The van der Waals surface area contributed by atoms with Crippen LogP contribution in [0.2, 0.25) is 0 Å². The first-order valence-corrected chi connectivity index (χ1v) is 8.32. The van der Waals surface area contributed by atoms with Crippen molar-refractivity contribution >= 4 is 11.8 Å². The van der Waals surface area contributed by atoms with Crippen LogP contribution in [0.1, 0.15) is 27.0 Å². The molecule has 27 heavy (non-hydrogen) atoms. The molecule has 1 aromatic heterocycles. The molecule has 0 bridgehead atoms. The molecule has 0 amide bonds. The Hall–Kier alpha value is -2.66. The van der Waals surface area contributed by atoms with Crippen molar-refractivity contribution in [3.05, 3.63) is 33.2 Å². The van der Waals surface area contributed by atoms with E-state index in [4.69, 9.17) is 26.5 Å². The Labute approximate surface area is 154 Å². The average molecular weight is 381 g/mol. The lowest BCUT2D eigenvalue weighted by Crippen LogP contribution is -2.48. The molecule has 148 valence electrons. The maximum Gasteiger partial charge on any atom is 0.351 e. The number of esters is 1. The summed E-state index contributed by atoms with van der Waals surface area (Å²) in [5, 5.41) is 13.4. The van der Waals surface area contributed by atoms with Crippen molar-refractivity contribution in [2.24, 2.45) is 22.7 Å². The van der Waals surface area contributed by atoms with Crippen LogP contribution in [0.3, 0.4) is 0 Å². The summed E-state index contributed by atoms with van der Waals surface area (Å²) in [6, 6.07) is 0.472. The zero-order chi connectivity index (χ0) is 20.4. The van der Waals surface area contributed by atoms with Gasteiger partial charge in [0.25, 0.3) is 0 Å². The number of aliphatic hydroxyl groups is 1. The fourth-order valence-corrected chi connectivity index (χ4v) is 2.86. The van der Waals surface area contributed by atoms with Gasteiger partial charge in [-0.2, -0.15) is 4.98 Å². The zero-order valence-electron chi connectivity index (χ0n) is 15.2. The van der Waals surface area contributed by atoms with Crippen LogP contribution >= 0.6 is 0 Å². The van der Waals surface area contributed by atoms with Crippen LogP contribution in [0, 0.1) is 11.8 Å². The average Bonchev–Trinajstić information content (AvgIpc) is 2.87. The Bertz CT molecular complexity index is 806. The molecule has 2 heterocycles. The van der Waals surface area contributed by atoms with Crippen LogP contribution in [-0.4, -0.2) is 45.1 Å². The monoisotopic (exact) mass is 381 g/mol. The van der Waals surface area contributed by atoms with Crippen molar-refractivity contribution in [3.8, 4) is 0 Å². The van der Waals surface area contributed by atoms with Gasteiger partial charge in [-0.05, 0) is 17.5 Å². The minimum atomic E-state index is -1.91. The highest BCUT2D eigenvalue weighted by Crippen LogP contribution is 2.43. The van der Waals surface area contributed by atoms with Gasteiger partial charge >= 0.3 is 11.7 Å². The smallest absolute Gasteiger partial charge is 0.351 e. The van der Waals surface area contributed by atoms with E-state index in [-0.39, 0.29) is 11.7 Å². The summed E-state index contributed by atoms with van der Waals surface area (Å²) in [6.45, 7) is 4.34. The summed E-state index contributed by atoms with van der Waals surface area (Å²) < 4.78 is 12.3. The van der Waals surface area contributed by atoms with Gasteiger partial charge in [-0.3, -0.25) is 9.36 Å². The van der Waals surface area contributed by atoms with Gasteiger partial charge in [-0.25, -0.2) is 4.79 Å². The standard InChI is InChI=1S/C15H23N7O5/c1-7(2)10(17)13(24)26-11-8(3)12(27-15(11,6-23)20-21-18)22-5-4-9(16)19-14(22)25/h4-5,7-8,10-12,23H,6,17H2,1-3H3,(H2,16,19,25)/t8-,10+,11+,12-,15-/m1/s1. The van der Waals surface area contributed by atoms with Gasteiger partial charge in [0.1, 0.15) is 24.2 Å². The number of nitrogens with two attached hydrogens (primary N) is 2. The molecule has 1 saturated heterocycles. The molecule has 5 N–H and O–H groups in total. The molecule has 0 aromatic carbocycles. The number of hydrogen-bond donors (Lipinski definition) is 3. The van der Waals surface area contributed by atoms with Gasteiger partial charge in [0.15, 0.2) is 0 Å². The van der Waals surface area contributed by atoms with E-state index < -0.39 is 48.3 Å². The lowest BCUT2D eigenvalue weighted by atomic mass is 9.97. The third-order valence-corrected chi connectivity index (χ3v) is 4.50. The lowest BCUT2D eigenvalue weighted by Gasteiger charge is -2.29. The maximum absolute atomic E-state index is 12.3. The molecule has 0 spiro atoms. The first kappa shape index (κ1) is 20.6. The third-order valence-electron chi connectivity index (χ3n) is 4.50. The Morgan fingerprint density at radius 2 is 2.30 bits per heavy atom. The summed E-state index contributed by atoms with van der Waals surface area (Å²) >= 11 is 0. The first-order chi connectivity index (χ1) is 12.7. The number of ether oxygens (including phenoxy) is 2. The summed E-state index contributed by atoms with van der Waals surface area (Å²) in [5.41, 5.74) is 17.6. The highest BCUT2D eigenvalue weighted by molar-refractivity contribution is 5.76. The van der Waals surface area contributed by atoms with E-state index >= 15 is 0 Å². The highest BCUT2D eigenvalue weighted by atomic mass is 16.6. The first-order valence-electron chi connectivity index (χ1n) is 8.32. The number of nitrogen functional groups attached to an aromatic ring is 1. The lowest BCUT2D eigenvalue weighted by molar-refractivity contribution is -0.169. The van der Waals surface area contributed by atoms with Crippen LogP contribution in [0.25, 0.3) is 10.4 Å². The molecular formula is C15H23N7O5. The fourth-order valence-electron chi connectivity index (χ4n) is 2.86. The van der Waals surface area contributed by atoms with E-state index in [9.17, 15) is 14.7 Å². The number of aliphatic hydroxyl groups excluding tert-OH is 1. The van der Waals surface area contributed by atoms with Crippen LogP contribution in [0.4, 0.5) is 5.82 Å². The number of hydrogen-bond acceptors (Lipinski definition) is 9. The van der Waals surface area contributed by atoms with Gasteiger partial charge in [-0.15, -0.1) is 0 Å². The van der Waals surface area contributed by atoms with E-state index in [2.05, 4.69) is 15.0 Å². The van der Waals surface area contributed by atoms with Crippen molar-refractivity contribution in [1.82, 2.24) is 9.55 Å². The summed E-state index contributed by atoms with van der Waals surface area (Å²) in [5.74, 6) is -1.58. The second-order valence-electron chi connectivity index (χ2n) is 6.73. The van der Waals surface area contributed by atoms with E-state index in [1.807, 2.05) is 0 Å². The number of anilines is 1. The van der Waals surface area contributed by atoms with Crippen LogP contribution in [-0.2, 0) is 14.3 Å². The van der Waals surface area contributed by atoms with Crippen molar-refractivity contribution in [2.75, 3.05) is 12.3 Å². The normalized spacial score (nSPS) is 28.6. The minimum Gasteiger partial charge on any atom is -0.457 e. The van der Waals surface area contributed by atoms with Crippen molar-refractivity contribution in [2.45, 2.75) is 44.9 Å². The molecule has 1 fully saturated rings. The van der Waals surface area contributed by atoms with Crippen LogP contribution < -0.4 is 17.2 Å². The van der Waals surface area contributed by atoms with Crippen molar-refractivity contribution < 1.29 is 19.4 Å². The van der Waals surface area contributed by atoms with E-state index in [1.165, 1.54) is 12.3 Å². The van der Waals surface area contributed by atoms with Gasteiger partial charge in [0.2, 0.25) is 5.72 Å². The van der Waals surface area contributed by atoms with Gasteiger partial charge < -0.3 is 26.0 Å². The second kappa shape index (κ2) is 7.92. The minimum absolute atomic E-state index is 0.0243. The molecule has 12 nitrogen and oxygen atoms in total. The zero-order valence-corrected chi connectivity index (χ0v) is 15.2. The predicted octanol–water partition coefficient (Wildman–Crippen LogP) is -0.116. The molecule has 1 aliphatic rings. The second-order valence-corrected chi connectivity index (χ2v) is 6.73. The Balaban J connectivity index is 2.44. The number of rotatable bonds is 6. The highest BCUT2D eigenvalue weighted by Gasteiger charge is 2.56. The molecule has 0 aliphatic carbocycles. The SMILES string of the molecule is CC(C)[C@H](N)C(=O)O[C@H]1[C@@H](C)[C@H](n2ccc(N)nc2=O)O[C@@]1(CO)N=[N+]=[N-]. The third kappa shape index (κ3) is 3.88. The van der Waals surface area contributed by atoms with E-state index in [0.29, 0.717) is 0 Å². The molecular weight excluding hydrogens is 358 g/mol. The maximum atomic E-state index is 12.3. The number of azide groups is 1. The molecule has 0 unspecified atom stereocenters. The summed E-state index contributed by atoms with van der Waals surface area (Å²) in [6.07, 6.45) is -0.838. The van der Waals surface area contributed by atoms with E-state index in [0.717, 1.165) is 4.57 Å². The van der Waals surface area contributed by atoms with E-state index in [1.54, 1.807) is 20.8 Å². The number of carbonyl (C=O) groups excluding carboxylic acids is 1. The molecule has 12 heteroatoms. The van der Waals surface area contributed by atoms with Crippen molar-refractivity contribution in [1.29, 1.82) is 0 Å². The molecule has 5 atom stereocenters. The van der Waals surface area contributed by atoms with Gasteiger partial charge in [0, 0.05) is 17.0 Å². The number of nitrogens with zero attached hydrogens (tertiary/aromatic N) is 5. The summed E-state index contributed by atoms with van der Waals surface area (Å²) in [7, 11) is 0. The number of carbonyl (C=O) groups is 1. The van der Waals surface area contributed by atoms with Crippen molar-refractivity contribution in [3.63, 3.8) is 0 Å². The Morgan fingerprint density at radius 1 is 1.63 bits per heavy atom. The molecule has 1 aromatic rings. The molecule has 1 aliphatic heterocycles. The summed E-state index contributed by atoms with van der Waals surface area (Å²) in [4.78, 5) is 30.8. The molecule has 0 saturated carbocycles. The molecule has 0 radical (unpaired) electrons. The Kier molecular flexibility index (Phi) is 6.06. The quantitative estimate of drug-likeness (QED) is 0.263. The topological polar surface area (TPSA) is 191 Å². The van der Waals surface area contributed by atoms with Gasteiger partial charge in [-0.1, -0.05) is 25.9 Å². The largest absolute Gasteiger partial charge is 0.457 e. The number of aromatic nitrogens is 2. The van der Waals surface area contributed by atoms with Crippen LogP contribution in [0.15, 0.2) is 22.2 Å². The van der Waals surface area contributed by atoms with Gasteiger partial charge in [0.05, 0.1) is 6.61 Å². The Morgan fingerprint density at radius 3 is 2.81 bits per heavy atom. The predicted molar refractivity (Wildman–Crippen MR) is 93.9 cm³/mol.